The molecule has 0 aliphatic carbocycles. The fourth-order valence-electron chi connectivity index (χ4n) is 3.11. The summed E-state index contributed by atoms with van der Waals surface area (Å²) >= 11 is 0. The summed E-state index contributed by atoms with van der Waals surface area (Å²) in [6, 6.07) is 7.04. The average Bonchev–Trinajstić information content (AvgIpc) is 2.88. The molecule has 1 aromatic heterocycles. The van der Waals surface area contributed by atoms with Gasteiger partial charge in [-0.25, -0.2) is 4.39 Å². The van der Waals surface area contributed by atoms with Gasteiger partial charge in [0.1, 0.15) is 17.5 Å². The average molecular weight is 340 g/mol. The molecule has 0 saturated carbocycles. The van der Waals surface area contributed by atoms with Gasteiger partial charge in [-0.2, -0.15) is 0 Å². The highest BCUT2D eigenvalue weighted by Crippen LogP contribution is 2.24. The van der Waals surface area contributed by atoms with Crippen molar-refractivity contribution in [3.05, 3.63) is 47.3 Å². The number of piperazine rings is 1. The van der Waals surface area contributed by atoms with Crippen molar-refractivity contribution in [2.45, 2.75) is 33.0 Å². The zero-order valence-electron chi connectivity index (χ0n) is 13.5. The number of hydrogen-bond donors (Lipinski definition) is 1. The molecule has 126 valence electrons. The van der Waals surface area contributed by atoms with E-state index < -0.39 is 0 Å². The van der Waals surface area contributed by atoms with Crippen molar-refractivity contribution in [1.29, 1.82) is 0 Å². The summed E-state index contributed by atoms with van der Waals surface area (Å²) in [6.07, 6.45) is 0. The van der Waals surface area contributed by atoms with Gasteiger partial charge >= 0.3 is 0 Å². The van der Waals surface area contributed by atoms with Gasteiger partial charge in [-0.1, -0.05) is 12.1 Å². The molecule has 0 spiro atoms. The standard InChI is InChI=1S/C16H22FN5.ClH/c1-3-22-12(2)19-20-16(22)11-21-8-7-18-10-15(21)13-5-4-6-14(17)9-13;/h4-6,9,15,18H,3,7-8,10-11H2,1-2H3;1H. The van der Waals surface area contributed by atoms with Gasteiger partial charge in [0.05, 0.1) is 6.54 Å². The van der Waals surface area contributed by atoms with Gasteiger partial charge in [0.2, 0.25) is 0 Å². The molecule has 7 heteroatoms. The van der Waals surface area contributed by atoms with Gasteiger partial charge < -0.3 is 9.88 Å². The lowest BCUT2D eigenvalue weighted by Crippen LogP contribution is -2.45. The Morgan fingerprint density at radius 1 is 1.35 bits per heavy atom. The Hall–Kier alpha value is -1.50. The molecule has 1 N–H and O–H groups in total. The van der Waals surface area contributed by atoms with Gasteiger partial charge in [0.25, 0.3) is 0 Å². The summed E-state index contributed by atoms with van der Waals surface area (Å²) in [5.41, 5.74) is 1.01. The Bertz CT molecular complexity index is 645. The predicted molar refractivity (Wildman–Crippen MR) is 90.1 cm³/mol. The monoisotopic (exact) mass is 339 g/mol. The Morgan fingerprint density at radius 3 is 2.91 bits per heavy atom. The summed E-state index contributed by atoms with van der Waals surface area (Å²) in [5.74, 6) is 1.73. The van der Waals surface area contributed by atoms with Crippen molar-refractivity contribution in [2.75, 3.05) is 19.6 Å². The second-order valence-electron chi connectivity index (χ2n) is 5.65. The number of aromatic nitrogens is 3. The van der Waals surface area contributed by atoms with E-state index in [9.17, 15) is 4.39 Å². The molecule has 1 aromatic carbocycles. The highest BCUT2D eigenvalue weighted by molar-refractivity contribution is 5.85. The molecule has 1 aliphatic rings. The van der Waals surface area contributed by atoms with Crippen molar-refractivity contribution in [2.24, 2.45) is 0 Å². The first-order valence-electron chi connectivity index (χ1n) is 7.78. The van der Waals surface area contributed by atoms with E-state index in [0.29, 0.717) is 0 Å². The molecular weight excluding hydrogens is 317 g/mol. The zero-order chi connectivity index (χ0) is 15.5. The van der Waals surface area contributed by atoms with Crippen LogP contribution in [0.1, 0.15) is 30.2 Å². The van der Waals surface area contributed by atoms with E-state index in [2.05, 4.69) is 31.9 Å². The van der Waals surface area contributed by atoms with E-state index in [4.69, 9.17) is 0 Å². The first-order chi connectivity index (χ1) is 10.7. The summed E-state index contributed by atoms with van der Waals surface area (Å²) < 4.78 is 15.7. The van der Waals surface area contributed by atoms with Gasteiger partial charge in [-0.05, 0) is 31.5 Å². The van der Waals surface area contributed by atoms with E-state index in [1.165, 1.54) is 6.07 Å². The van der Waals surface area contributed by atoms with Crippen molar-refractivity contribution < 1.29 is 4.39 Å². The Labute approximate surface area is 142 Å². The molecule has 1 aliphatic heterocycles. The number of benzene rings is 1. The fourth-order valence-corrected chi connectivity index (χ4v) is 3.11. The zero-order valence-corrected chi connectivity index (χ0v) is 14.3. The second-order valence-corrected chi connectivity index (χ2v) is 5.65. The number of hydrogen-bond acceptors (Lipinski definition) is 4. The van der Waals surface area contributed by atoms with Crippen molar-refractivity contribution in [1.82, 2.24) is 25.0 Å². The van der Waals surface area contributed by atoms with Crippen LogP contribution in [0.3, 0.4) is 0 Å². The van der Waals surface area contributed by atoms with Crippen molar-refractivity contribution in [3.8, 4) is 0 Å². The number of aryl methyl sites for hydroxylation is 1. The van der Waals surface area contributed by atoms with Crippen LogP contribution in [-0.4, -0.2) is 39.3 Å². The normalized spacial score (nSPS) is 18.7. The second kappa shape index (κ2) is 7.86. The van der Waals surface area contributed by atoms with Gasteiger partial charge in [0.15, 0.2) is 0 Å². The lowest BCUT2D eigenvalue weighted by molar-refractivity contribution is 0.147. The molecule has 0 bridgehead atoms. The molecule has 0 radical (unpaired) electrons. The first-order valence-corrected chi connectivity index (χ1v) is 7.78. The summed E-state index contributed by atoms with van der Waals surface area (Å²) in [6.45, 7) is 8.34. The summed E-state index contributed by atoms with van der Waals surface area (Å²) in [7, 11) is 0. The molecule has 5 nitrogen and oxygen atoms in total. The maximum absolute atomic E-state index is 13.5. The number of rotatable bonds is 4. The molecule has 1 unspecified atom stereocenters. The molecule has 2 aromatic rings. The van der Waals surface area contributed by atoms with Crippen LogP contribution in [0.2, 0.25) is 0 Å². The minimum atomic E-state index is -0.185. The molecule has 0 amide bonds. The smallest absolute Gasteiger partial charge is 0.147 e. The van der Waals surface area contributed by atoms with E-state index in [1.54, 1.807) is 12.1 Å². The van der Waals surface area contributed by atoms with Crippen molar-refractivity contribution in [3.63, 3.8) is 0 Å². The topological polar surface area (TPSA) is 46.0 Å². The van der Waals surface area contributed by atoms with Gasteiger partial charge in [-0.15, -0.1) is 22.6 Å². The van der Waals surface area contributed by atoms with E-state index in [-0.39, 0.29) is 24.3 Å². The molecule has 1 fully saturated rings. The molecule has 2 heterocycles. The van der Waals surface area contributed by atoms with Crippen LogP contribution in [-0.2, 0) is 13.1 Å². The third-order valence-electron chi connectivity index (χ3n) is 4.26. The number of halogens is 2. The number of nitrogens with one attached hydrogen (secondary N) is 1. The van der Waals surface area contributed by atoms with Crippen LogP contribution >= 0.6 is 12.4 Å². The minimum absolute atomic E-state index is 0. The van der Waals surface area contributed by atoms with Crippen LogP contribution in [0, 0.1) is 12.7 Å². The summed E-state index contributed by atoms with van der Waals surface area (Å²) in [4.78, 5) is 2.35. The predicted octanol–water partition coefficient (Wildman–Crippen LogP) is 2.31. The first kappa shape index (κ1) is 17.8. The van der Waals surface area contributed by atoms with Crippen LogP contribution in [0.15, 0.2) is 24.3 Å². The fraction of sp³-hybridized carbons (Fsp3) is 0.500. The number of nitrogens with zero attached hydrogens (tertiary/aromatic N) is 4. The lowest BCUT2D eigenvalue weighted by atomic mass is 10.0. The highest BCUT2D eigenvalue weighted by atomic mass is 35.5. The molecular formula is C16H23ClFN5. The summed E-state index contributed by atoms with van der Waals surface area (Å²) in [5, 5.41) is 11.9. The van der Waals surface area contributed by atoms with E-state index in [1.807, 2.05) is 13.0 Å². The lowest BCUT2D eigenvalue weighted by Gasteiger charge is -2.36. The third-order valence-corrected chi connectivity index (χ3v) is 4.26. The SMILES string of the molecule is CCn1c(C)nnc1CN1CCNCC1c1cccc(F)c1.Cl. The van der Waals surface area contributed by atoms with Crippen LogP contribution in [0.25, 0.3) is 0 Å². The quantitative estimate of drug-likeness (QED) is 0.928. The molecule has 1 saturated heterocycles. The van der Waals surface area contributed by atoms with Gasteiger partial charge in [0, 0.05) is 32.2 Å². The maximum atomic E-state index is 13.5. The largest absolute Gasteiger partial charge is 0.314 e. The Morgan fingerprint density at radius 2 is 2.17 bits per heavy atom. The molecule has 1 atom stereocenters. The van der Waals surface area contributed by atoms with E-state index in [0.717, 1.165) is 49.9 Å². The minimum Gasteiger partial charge on any atom is -0.314 e. The Kier molecular flexibility index (Phi) is 6.10. The highest BCUT2D eigenvalue weighted by Gasteiger charge is 2.25. The van der Waals surface area contributed by atoms with Crippen molar-refractivity contribution >= 4 is 12.4 Å². The Balaban J connectivity index is 0.00000192. The molecule has 23 heavy (non-hydrogen) atoms. The van der Waals surface area contributed by atoms with Crippen LogP contribution in [0.4, 0.5) is 4.39 Å². The maximum Gasteiger partial charge on any atom is 0.147 e. The van der Waals surface area contributed by atoms with Crippen LogP contribution < -0.4 is 5.32 Å². The van der Waals surface area contributed by atoms with Crippen LogP contribution in [0.5, 0.6) is 0 Å². The van der Waals surface area contributed by atoms with Gasteiger partial charge in [-0.3, -0.25) is 4.90 Å². The molecule has 3 rings (SSSR count). The third kappa shape index (κ3) is 3.88. The van der Waals surface area contributed by atoms with E-state index >= 15 is 0 Å².